The van der Waals surface area contributed by atoms with Gasteiger partial charge in [-0.2, -0.15) is 0 Å². The molecule has 0 radical (unpaired) electrons. The quantitative estimate of drug-likeness (QED) is 0.490. The molecule has 1 amide bonds. The first-order valence-corrected chi connectivity index (χ1v) is 11.4. The second-order valence-corrected chi connectivity index (χ2v) is 8.93. The van der Waals surface area contributed by atoms with Crippen LogP contribution < -0.4 is 9.64 Å². The van der Waals surface area contributed by atoms with Crippen LogP contribution in [0, 0.1) is 5.82 Å². The molecule has 0 aliphatic carbocycles. The zero-order chi connectivity index (χ0) is 22.8. The number of hydrogen-bond acceptors (Lipinski definition) is 3. The Morgan fingerprint density at radius 2 is 1.79 bits per heavy atom. The molecule has 2 aliphatic heterocycles. The van der Waals surface area contributed by atoms with Gasteiger partial charge in [-0.1, -0.05) is 42.5 Å². The van der Waals surface area contributed by atoms with E-state index in [0.29, 0.717) is 5.69 Å². The number of benzene rings is 3. The smallest absolute Gasteiger partial charge is 0.251 e. The summed E-state index contributed by atoms with van der Waals surface area (Å²) in [6.45, 7) is 3.85. The highest BCUT2D eigenvalue weighted by Gasteiger charge is 2.46. The fraction of sp³-hybridized carbons (Fsp3) is 0.250. The third kappa shape index (κ3) is 4.41. The van der Waals surface area contributed by atoms with Crippen molar-refractivity contribution in [2.45, 2.75) is 37.9 Å². The van der Waals surface area contributed by atoms with E-state index in [0.717, 1.165) is 37.4 Å². The van der Waals surface area contributed by atoms with Gasteiger partial charge in [0.15, 0.2) is 0 Å². The monoisotopic (exact) mass is 442 g/mol. The highest BCUT2D eigenvalue weighted by Crippen LogP contribution is 2.41. The molecule has 4 nitrogen and oxygen atoms in total. The van der Waals surface area contributed by atoms with Crippen molar-refractivity contribution >= 4 is 11.6 Å². The molecule has 0 aromatic heterocycles. The van der Waals surface area contributed by atoms with Crippen molar-refractivity contribution in [3.05, 3.63) is 102 Å². The summed E-state index contributed by atoms with van der Waals surface area (Å²) in [6, 6.07) is 24.5. The van der Waals surface area contributed by atoms with Crippen molar-refractivity contribution in [1.29, 1.82) is 0 Å². The number of carbonyl (C=O) groups is 1. The summed E-state index contributed by atoms with van der Waals surface area (Å²) in [7, 11) is 0. The predicted octanol–water partition coefficient (Wildman–Crippen LogP) is 5.94. The summed E-state index contributed by atoms with van der Waals surface area (Å²) in [5.74, 6) is 1.23. The fourth-order valence-corrected chi connectivity index (χ4v) is 5.05. The Kier molecular flexibility index (Phi) is 5.73. The molecule has 0 N–H and O–H groups in total. The van der Waals surface area contributed by atoms with Crippen LogP contribution in [-0.2, 0) is 11.3 Å². The lowest BCUT2D eigenvalue weighted by Crippen LogP contribution is -2.56. The van der Waals surface area contributed by atoms with Crippen LogP contribution in [0.4, 0.5) is 10.1 Å². The minimum absolute atomic E-state index is 0.0768. The van der Waals surface area contributed by atoms with Gasteiger partial charge in [0.25, 0.3) is 5.91 Å². The number of hydrogen-bond donors (Lipinski definition) is 0. The van der Waals surface area contributed by atoms with Gasteiger partial charge in [0.1, 0.15) is 17.3 Å². The molecule has 5 rings (SSSR count). The zero-order valence-electron chi connectivity index (χ0n) is 18.7. The highest BCUT2D eigenvalue weighted by molar-refractivity contribution is 6.06. The Bertz CT molecular complexity index is 1180. The number of para-hydroxylation sites is 1. The molecule has 3 aromatic rings. The number of likely N-dealkylation sites (tertiary alicyclic amines) is 1. The average Bonchev–Trinajstić information content (AvgIpc) is 3.12. The maximum Gasteiger partial charge on any atom is 0.251 e. The van der Waals surface area contributed by atoms with E-state index >= 15 is 0 Å². The van der Waals surface area contributed by atoms with E-state index in [9.17, 15) is 9.18 Å². The summed E-state index contributed by atoms with van der Waals surface area (Å²) < 4.78 is 19.9. The first-order chi connectivity index (χ1) is 16.0. The van der Waals surface area contributed by atoms with E-state index in [-0.39, 0.29) is 17.8 Å². The molecule has 2 atom stereocenters. The Morgan fingerprint density at radius 1 is 1.00 bits per heavy atom. The highest BCUT2D eigenvalue weighted by atomic mass is 19.1. The number of anilines is 1. The van der Waals surface area contributed by atoms with Crippen molar-refractivity contribution < 1.29 is 13.9 Å². The maximum absolute atomic E-state index is 13.9. The van der Waals surface area contributed by atoms with Crippen LogP contribution in [0.25, 0.3) is 0 Å². The molecule has 5 heteroatoms. The maximum atomic E-state index is 13.9. The van der Waals surface area contributed by atoms with Gasteiger partial charge in [-0.15, -0.1) is 0 Å². The Labute approximate surface area is 193 Å². The molecule has 0 bridgehead atoms. The van der Waals surface area contributed by atoms with Crippen molar-refractivity contribution in [3.63, 3.8) is 0 Å². The Balaban J connectivity index is 1.30. The van der Waals surface area contributed by atoms with Crippen LogP contribution in [0.2, 0.25) is 0 Å². The average molecular weight is 443 g/mol. The first kappa shape index (κ1) is 21.4. The second kappa shape index (κ2) is 8.83. The molecule has 33 heavy (non-hydrogen) atoms. The number of rotatable bonds is 5. The Morgan fingerprint density at radius 3 is 2.58 bits per heavy atom. The van der Waals surface area contributed by atoms with Crippen LogP contribution in [0.15, 0.2) is 91.0 Å². The van der Waals surface area contributed by atoms with Crippen molar-refractivity contribution in [3.8, 4) is 11.5 Å². The number of ether oxygens (including phenoxy) is 1. The SMILES string of the molecule is CC1CC2(C=CC(=O)N2c2cccc(F)c2)CCN1Cc1cccc(Oc2ccccc2)c1. The lowest BCUT2D eigenvalue weighted by molar-refractivity contribution is -0.114. The van der Waals surface area contributed by atoms with E-state index in [1.54, 1.807) is 17.0 Å². The number of nitrogens with zero attached hydrogens (tertiary/aromatic N) is 2. The number of piperidine rings is 1. The predicted molar refractivity (Wildman–Crippen MR) is 128 cm³/mol. The number of amides is 1. The van der Waals surface area contributed by atoms with E-state index < -0.39 is 5.54 Å². The molecule has 0 saturated carbocycles. The van der Waals surface area contributed by atoms with Crippen molar-refractivity contribution in [2.24, 2.45) is 0 Å². The largest absolute Gasteiger partial charge is 0.457 e. The summed E-state index contributed by atoms with van der Waals surface area (Å²) >= 11 is 0. The summed E-state index contributed by atoms with van der Waals surface area (Å²) in [5.41, 5.74) is 1.40. The van der Waals surface area contributed by atoms with E-state index in [1.165, 1.54) is 17.7 Å². The molecule has 1 saturated heterocycles. The summed E-state index contributed by atoms with van der Waals surface area (Å²) in [4.78, 5) is 16.9. The molecule has 2 aliphatic rings. The minimum atomic E-state index is -0.404. The molecule has 168 valence electrons. The van der Waals surface area contributed by atoms with Gasteiger partial charge in [-0.25, -0.2) is 4.39 Å². The van der Waals surface area contributed by atoms with Crippen LogP contribution in [0.3, 0.4) is 0 Å². The summed E-state index contributed by atoms with van der Waals surface area (Å²) in [6.07, 6.45) is 5.25. The summed E-state index contributed by atoms with van der Waals surface area (Å²) in [5, 5.41) is 0. The van der Waals surface area contributed by atoms with Gasteiger partial charge >= 0.3 is 0 Å². The molecular weight excluding hydrogens is 415 g/mol. The zero-order valence-corrected chi connectivity index (χ0v) is 18.7. The fourth-order valence-electron chi connectivity index (χ4n) is 5.05. The topological polar surface area (TPSA) is 32.8 Å². The van der Waals surface area contributed by atoms with E-state index in [1.807, 2.05) is 54.6 Å². The third-order valence-electron chi connectivity index (χ3n) is 6.64. The first-order valence-electron chi connectivity index (χ1n) is 11.4. The molecule has 2 unspecified atom stereocenters. The molecule has 3 aromatic carbocycles. The van der Waals surface area contributed by atoms with Gasteiger partial charge in [0, 0.05) is 30.9 Å². The van der Waals surface area contributed by atoms with Crippen LogP contribution >= 0.6 is 0 Å². The van der Waals surface area contributed by atoms with Crippen LogP contribution in [-0.4, -0.2) is 28.9 Å². The van der Waals surface area contributed by atoms with E-state index in [4.69, 9.17) is 4.74 Å². The molecule has 1 spiro atoms. The lowest BCUT2D eigenvalue weighted by atomic mass is 9.82. The van der Waals surface area contributed by atoms with Gasteiger partial charge in [-0.3, -0.25) is 14.6 Å². The minimum Gasteiger partial charge on any atom is -0.457 e. The van der Waals surface area contributed by atoms with Gasteiger partial charge in [-0.05, 0) is 67.8 Å². The van der Waals surface area contributed by atoms with Gasteiger partial charge in [0.2, 0.25) is 0 Å². The van der Waals surface area contributed by atoms with E-state index in [2.05, 4.69) is 24.0 Å². The second-order valence-electron chi connectivity index (χ2n) is 8.93. The van der Waals surface area contributed by atoms with Gasteiger partial charge < -0.3 is 4.74 Å². The van der Waals surface area contributed by atoms with Crippen molar-refractivity contribution in [2.75, 3.05) is 11.4 Å². The molecular formula is C28H27FN2O2. The lowest BCUT2D eigenvalue weighted by Gasteiger charge is -2.47. The third-order valence-corrected chi connectivity index (χ3v) is 6.64. The van der Waals surface area contributed by atoms with Gasteiger partial charge in [0.05, 0.1) is 5.54 Å². The number of carbonyl (C=O) groups excluding carboxylic acids is 1. The van der Waals surface area contributed by atoms with Crippen molar-refractivity contribution in [1.82, 2.24) is 4.90 Å². The van der Waals surface area contributed by atoms with Crippen LogP contribution in [0.5, 0.6) is 11.5 Å². The Hall–Kier alpha value is -3.44. The molecule has 1 fully saturated rings. The standard InChI is InChI=1S/C28H27FN2O2/c1-21-19-28(14-13-27(32)31(28)24-9-6-8-23(29)18-24)15-16-30(21)20-22-7-5-12-26(17-22)33-25-10-3-2-4-11-25/h2-14,17-18,21H,15-16,19-20H2,1H3. The van der Waals surface area contributed by atoms with Crippen LogP contribution in [0.1, 0.15) is 25.3 Å². The molecule has 2 heterocycles. The normalized spacial score (nSPS) is 22.8. The number of halogens is 1.